The molecule has 1 aromatic rings. The van der Waals surface area contributed by atoms with Crippen molar-refractivity contribution in [3.8, 4) is 0 Å². The topological polar surface area (TPSA) is 46.1 Å². The first-order chi connectivity index (χ1) is 7.77. The van der Waals surface area contributed by atoms with Crippen LogP contribution < -0.4 is 10.6 Å². The number of rotatable bonds is 7. The molecule has 4 nitrogen and oxygen atoms in total. The molecule has 1 aromatic heterocycles. The molecule has 0 unspecified atom stereocenters. The van der Waals surface area contributed by atoms with E-state index in [0.717, 1.165) is 26.1 Å². The third-order valence-electron chi connectivity index (χ3n) is 2.50. The van der Waals surface area contributed by atoms with Crippen LogP contribution in [0.1, 0.15) is 25.5 Å². The number of amides is 1. The van der Waals surface area contributed by atoms with E-state index in [2.05, 4.69) is 40.5 Å². The fourth-order valence-electron chi connectivity index (χ4n) is 1.61. The van der Waals surface area contributed by atoms with Gasteiger partial charge in [-0.3, -0.25) is 4.79 Å². The van der Waals surface area contributed by atoms with Gasteiger partial charge in [0.15, 0.2) is 0 Å². The maximum Gasteiger partial charge on any atom is 0.221 e. The summed E-state index contributed by atoms with van der Waals surface area (Å²) in [5.74, 6) is 0.0800. The van der Waals surface area contributed by atoms with Crippen LogP contribution in [0.2, 0.25) is 0 Å². The zero-order valence-corrected chi connectivity index (χ0v) is 10.1. The van der Waals surface area contributed by atoms with Gasteiger partial charge in [-0.2, -0.15) is 0 Å². The van der Waals surface area contributed by atoms with Crippen molar-refractivity contribution in [2.75, 3.05) is 13.6 Å². The van der Waals surface area contributed by atoms with E-state index >= 15 is 0 Å². The molecule has 2 N–H and O–H groups in total. The van der Waals surface area contributed by atoms with Gasteiger partial charge in [-0.05, 0) is 18.6 Å². The molecule has 16 heavy (non-hydrogen) atoms. The van der Waals surface area contributed by atoms with Gasteiger partial charge in [0.25, 0.3) is 0 Å². The first kappa shape index (κ1) is 12.8. The third kappa shape index (κ3) is 4.06. The normalized spacial score (nSPS) is 10.4. The third-order valence-corrected chi connectivity index (χ3v) is 2.50. The van der Waals surface area contributed by atoms with Gasteiger partial charge in [0.1, 0.15) is 0 Å². The van der Waals surface area contributed by atoms with E-state index in [1.165, 1.54) is 5.69 Å². The quantitative estimate of drug-likeness (QED) is 0.681. The minimum Gasteiger partial charge on any atom is -0.359 e. The highest BCUT2D eigenvalue weighted by molar-refractivity contribution is 5.75. The molecule has 90 valence electrons. The molecule has 1 heterocycles. The van der Waals surface area contributed by atoms with E-state index in [1.54, 1.807) is 7.05 Å². The maximum absolute atomic E-state index is 11.0. The van der Waals surface area contributed by atoms with Crippen LogP contribution in [-0.4, -0.2) is 24.1 Å². The molecule has 0 aliphatic heterocycles. The smallest absolute Gasteiger partial charge is 0.221 e. The Morgan fingerprint density at radius 1 is 1.50 bits per heavy atom. The van der Waals surface area contributed by atoms with Crippen molar-refractivity contribution in [1.29, 1.82) is 0 Å². The first-order valence-corrected chi connectivity index (χ1v) is 5.83. The van der Waals surface area contributed by atoms with Crippen LogP contribution >= 0.6 is 0 Å². The Bertz CT molecular complexity index is 320. The molecule has 0 radical (unpaired) electrons. The van der Waals surface area contributed by atoms with Crippen molar-refractivity contribution in [2.45, 2.75) is 32.9 Å². The SMILES string of the molecule is CCCn1cccc1CNCCC(=O)NC. The first-order valence-electron chi connectivity index (χ1n) is 5.83. The summed E-state index contributed by atoms with van der Waals surface area (Å²) in [7, 11) is 1.66. The van der Waals surface area contributed by atoms with Crippen molar-refractivity contribution in [1.82, 2.24) is 15.2 Å². The van der Waals surface area contributed by atoms with E-state index in [1.807, 2.05) is 0 Å². The number of nitrogens with one attached hydrogen (secondary N) is 2. The summed E-state index contributed by atoms with van der Waals surface area (Å²) in [6.07, 6.45) is 3.77. The maximum atomic E-state index is 11.0. The highest BCUT2D eigenvalue weighted by atomic mass is 16.1. The zero-order valence-electron chi connectivity index (χ0n) is 10.1. The van der Waals surface area contributed by atoms with Gasteiger partial charge in [0.2, 0.25) is 5.91 Å². The van der Waals surface area contributed by atoms with E-state index in [9.17, 15) is 4.79 Å². The Morgan fingerprint density at radius 3 is 3.00 bits per heavy atom. The van der Waals surface area contributed by atoms with Gasteiger partial charge in [0.05, 0.1) is 0 Å². The predicted octanol–water partition coefficient (Wildman–Crippen LogP) is 1.12. The van der Waals surface area contributed by atoms with E-state index in [4.69, 9.17) is 0 Å². The van der Waals surface area contributed by atoms with Crippen molar-refractivity contribution in [2.24, 2.45) is 0 Å². The van der Waals surface area contributed by atoms with Gasteiger partial charge >= 0.3 is 0 Å². The lowest BCUT2D eigenvalue weighted by Gasteiger charge is -2.08. The lowest BCUT2D eigenvalue weighted by atomic mass is 10.3. The van der Waals surface area contributed by atoms with Crippen LogP contribution in [0, 0.1) is 0 Å². The van der Waals surface area contributed by atoms with Crippen molar-refractivity contribution >= 4 is 5.91 Å². The highest BCUT2D eigenvalue weighted by Gasteiger charge is 2.00. The molecular weight excluding hydrogens is 202 g/mol. The minimum absolute atomic E-state index is 0.0800. The fraction of sp³-hybridized carbons (Fsp3) is 0.583. The van der Waals surface area contributed by atoms with Gasteiger partial charge in [-0.1, -0.05) is 6.92 Å². The van der Waals surface area contributed by atoms with Crippen LogP contribution in [0.4, 0.5) is 0 Å². The number of carbonyl (C=O) groups excluding carboxylic acids is 1. The minimum atomic E-state index is 0.0800. The fourth-order valence-corrected chi connectivity index (χ4v) is 1.61. The molecule has 0 aliphatic rings. The molecule has 0 aromatic carbocycles. The molecular formula is C12H21N3O. The van der Waals surface area contributed by atoms with Crippen molar-refractivity contribution in [3.63, 3.8) is 0 Å². The summed E-state index contributed by atoms with van der Waals surface area (Å²) in [4.78, 5) is 11.0. The van der Waals surface area contributed by atoms with Crippen LogP contribution in [0.3, 0.4) is 0 Å². The zero-order chi connectivity index (χ0) is 11.8. The second-order valence-electron chi connectivity index (χ2n) is 3.79. The average molecular weight is 223 g/mol. The molecule has 0 spiro atoms. The molecule has 0 fully saturated rings. The van der Waals surface area contributed by atoms with Crippen LogP contribution in [0.25, 0.3) is 0 Å². The van der Waals surface area contributed by atoms with E-state index in [0.29, 0.717) is 6.42 Å². The van der Waals surface area contributed by atoms with Gasteiger partial charge in [0, 0.05) is 45.0 Å². The molecule has 4 heteroatoms. The number of nitrogens with zero attached hydrogens (tertiary/aromatic N) is 1. The second-order valence-corrected chi connectivity index (χ2v) is 3.79. The standard InChI is InChI=1S/C12H21N3O/c1-3-8-15-9-4-5-11(15)10-14-7-6-12(16)13-2/h4-5,9,14H,3,6-8,10H2,1-2H3,(H,13,16). The Balaban J connectivity index is 2.26. The lowest BCUT2D eigenvalue weighted by Crippen LogP contribution is -2.25. The molecule has 0 atom stereocenters. The van der Waals surface area contributed by atoms with Crippen molar-refractivity contribution < 1.29 is 4.79 Å². The summed E-state index contributed by atoms with van der Waals surface area (Å²) in [6, 6.07) is 4.17. The van der Waals surface area contributed by atoms with Crippen molar-refractivity contribution in [3.05, 3.63) is 24.0 Å². The Morgan fingerprint density at radius 2 is 2.31 bits per heavy atom. The molecule has 1 rings (SSSR count). The summed E-state index contributed by atoms with van der Waals surface area (Å²) < 4.78 is 2.24. The molecule has 0 saturated carbocycles. The van der Waals surface area contributed by atoms with Gasteiger partial charge in [-0.25, -0.2) is 0 Å². The summed E-state index contributed by atoms with van der Waals surface area (Å²) in [5.41, 5.74) is 1.28. The van der Waals surface area contributed by atoms with Gasteiger partial charge < -0.3 is 15.2 Å². The number of hydrogen-bond acceptors (Lipinski definition) is 2. The molecule has 1 amide bonds. The summed E-state index contributed by atoms with van der Waals surface area (Å²) in [5, 5.41) is 5.88. The summed E-state index contributed by atoms with van der Waals surface area (Å²) >= 11 is 0. The Kier molecular flexibility index (Phi) is 5.64. The average Bonchev–Trinajstić information content (AvgIpc) is 2.72. The van der Waals surface area contributed by atoms with E-state index in [-0.39, 0.29) is 5.91 Å². The van der Waals surface area contributed by atoms with Crippen LogP contribution in [0.15, 0.2) is 18.3 Å². The second kappa shape index (κ2) is 7.06. The molecule has 0 saturated heterocycles. The molecule has 0 bridgehead atoms. The number of carbonyl (C=O) groups is 1. The lowest BCUT2D eigenvalue weighted by molar-refractivity contribution is -0.120. The van der Waals surface area contributed by atoms with Gasteiger partial charge in [-0.15, -0.1) is 0 Å². The largest absolute Gasteiger partial charge is 0.359 e. The Hall–Kier alpha value is -1.29. The Labute approximate surface area is 97.0 Å². The molecule has 0 aliphatic carbocycles. The number of hydrogen-bond donors (Lipinski definition) is 2. The monoisotopic (exact) mass is 223 g/mol. The number of aryl methyl sites for hydroxylation is 1. The highest BCUT2D eigenvalue weighted by Crippen LogP contribution is 2.02. The van der Waals surface area contributed by atoms with E-state index < -0.39 is 0 Å². The number of aromatic nitrogens is 1. The van der Waals surface area contributed by atoms with Crippen LogP contribution in [-0.2, 0) is 17.9 Å². The summed E-state index contributed by atoms with van der Waals surface area (Å²) in [6.45, 7) is 4.77. The van der Waals surface area contributed by atoms with Crippen LogP contribution in [0.5, 0.6) is 0 Å². The predicted molar refractivity (Wildman–Crippen MR) is 65.1 cm³/mol.